The van der Waals surface area contributed by atoms with Gasteiger partial charge in [0, 0.05) is 23.9 Å². The van der Waals surface area contributed by atoms with Gasteiger partial charge in [-0.25, -0.2) is 4.79 Å². The number of ether oxygens (including phenoxy) is 2. The fourth-order valence-electron chi connectivity index (χ4n) is 4.27. The number of rotatable bonds is 7. The van der Waals surface area contributed by atoms with Gasteiger partial charge in [-0.2, -0.15) is 0 Å². The van der Waals surface area contributed by atoms with E-state index in [0.29, 0.717) is 19.4 Å². The monoisotopic (exact) mass is 538 g/mol. The van der Waals surface area contributed by atoms with E-state index in [1.54, 1.807) is 0 Å². The van der Waals surface area contributed by atoms with Gasteiger partial charge in [-0.15, -0.1) is 0 Å². The Morgan fingerprint density at radius 3 is 2.07 bits per heavy atom. The number of cyclic esters (lactones) is 2. The predicted octanol–water partition coefficient (Wildman–Crippen LogP) is 5.07. The van der Waals surface area contributed by atoms with E-state index < -0.39 is 20.1 Å². The summed E-state index contributed by atoms with van der Waals surface area (Å²) in [6.45, 7) is 9.29. The molecule has 1 heterocycles. The van der Waals surface area contributed by atoms with E-state index in [2.05, 4.69) is 91.9 Å². The number of halogens is 1. The van der Waals surface area contributed by atoms with Crippen molar-refractivity contribution in [2.75, 3.05) is 11.0 Å². The lowest BCUT2D eigenvalue weighted by Crippen LogP contribution is -2.66. The van der Waals surface area contributed by atoms with Crippen LogP contribution in [-0.2, 0) is 13.9 Å². The molecule has 6 heteroatoms. The van der Waals surface area contributed by atoms with Gasteiger partial charge in [-0.1, -0.05) is 104 Å². The zero-order valence-electron chi connectivity index (χ0n) is 18.2. The van der Waals surface area contributed by atoms with E-state index in [4.69, 9.17) is 13.9 Å². The zero-order valence-corrected chi connectivity index (χ0v) is 21.3. The van der Waals surface area contributed by atoms with Crippen LogP contribution in [0.1, 0.15) is 40.5 Å². The Labute approximate surface area is 194 Å². The normalized spacial score (nSPS) is 22.3. The Morgan fingerprint density at radius 2 is 1.60 bits per heavy atom. The van der Waals surface area contributed by atoms with Gasteiger partial charge in [0.15, 0.2) is 0 Å². The summed E-state index contributed by atoms with van der Waals surface area (Å²) in [5.74, 6) is 0. The Balaban J connectivity index is 1.88. The molecule has 3 rings (SSSR count). The third kappa shape index (κ3) is 4.91. The first-order valence-electron chi connectivity index (χ1n) is 10.4. The van der Waals surface area contributed by atoms with Crippen molar-refractivity contribution < 1.29 is 18.7 Å². The number of benzene rings is 2. The molecular formula is C24H31IO4Si. The molecule has 0 spiro atoms. The van der Waals surface area contributed by atoms with Crippen LogP contribution in [0.2, 0.25) is 5.04 Å². The lowest BCUT2D eigenvalue weighted by molar-refractivity contribution is -0.0985. The SMILES string of the molecule is CC(C)(C)[Si](OCC[C@H]1C[C@@](C)(CI)OC(=O)O1)(c1ccccc1)c1ccccc1. The number of alkyl halides is 1. The molecule has 162 valence electrons. The molecule has 4 nitrogen and oxygen atoms in total. The summed E-state index contributed by atoms with van der Waals surface area (Å²) < 4.78 is 18.5. The van der Waals surface area contributed by atoms with Crippen molar-refractivity contribution in [3.63, 3.8) is 0 Å². The fraction of sp³-hybridized carbons (Fsp3) is 0.458. The summed E-state index contributed by atoms with van der Waals surface area (Å²) in [6, 6.07) is 21.2. The van der Waals surface area contributed by atoms with Crippen LogP contribution in [0.4, 0.5) is 4.79 Å². The predicted molar refractivity (Wildman–Crippen MR) is 131 cm³/mol. The molecule has 2 aromatic rings. The van der Waals surface area contributed by atoms with Gasteiger partial charge in [0.05, 0.1) is 0 Å². The van der Waals surface area contributed by atoms with Crippen LogP contribution in [0.15, 0.2) is 60.7 Å². The quantitative estimate of drug-likeness (QED) is 0.214. The van der Waals surface area contributed by atoms with Crippen molar-refractivity contribution in [2.24, 2.45) is 0 Å². The largest absolute Gasteiger partial charge is 0.509 e. The minimum absolute atomic E-state index is 0.0707. The van der Waals surface area contributed by atoms with Gasteiger partial charge in [-0.05, 0) is 22.3 Å². The van der Waals surface area contributed by atoms with Crippen LogP contribution < -0.4 is 10.4 Å². The van der Waals surface area contributed by atoms with E-state index >= 15 is 0 Å². The molecule has 0 bridgehead atoms. The molecule has 0 amide bonds. The molecule has 1 aliphatic rings. The minimum Gasteiger partial charge on any atom is -0.431 e. The summed E-state index contributed by atoms with van der Waals surface area (Å²) in [4.78, 5) is 11.9. The Morgan fingerprint density at radius 1 is 1.07 bits per heavy atom. The molecule has 2 aromatic carbocycles. The molecule has 2 atom stereocenters. The lowest BCUT2D eigenvalue weighted by atomic mass is 9.98. The van der Waals surface area contributed by atoms with Crippen molar-refractivity contribution in [1.82, 2.24) is 0 Å². The van der Waals surface area contributed by atoms with Crippen molar-refractivity contribution >= 4 is 47.4 Å². The summed E-state index contributed by atoms with van der Waals surface area (Å²) >= 11 is 2.26. The maximum atomic E-state index is 11.9. The standard InChI is InChI=1S/C24H31IO4Si/c1-23(2,3)30(20-11-7-5-8-12-20,21-13-9-6-10-14-21)27-16-15-19-17-24(4,18-25)29-22(26)28-19/h5-14,19H,15-18H2,1-4H3/t19-,24-/m0/s1. The summed E-state index contributed by atoms with van der Waals surface area (Å²) in [6.07, 6.45) is 0.581. The lowest BCUT2D eigenvalue weighted by Gasteiger charge is -2.43. The first kappa shape index (κ1) is 23.3. The first-order valence-corrected chi connectivity index (χ1v) is 13.8. The number of hydrogen-bond donors (Lipinski definition) is 0. The van der Waals surface area contributed by atoms with Gasteiger partial charge in [0.2, 0.25) is 0 Å². The van der Waals surface area contributed by atoms with Crippen molar-refractivity contribution in [2.45, 2.75) is 57.3 Å². The van der Waals surface area contributed by atoms with Crippen LogP contribution in [0, 0.1) is 0 Å². The van der Waals surface area contributed by atoms with Crippen LogP contribution >= 0.6 is 22.6 Å². The topological polar surface area (TPSA) is 44.8 Å². The summed E-state index contributed by atoms with van der Waals surface area (Å²) in [5, 5.41) is 2.44. The number of carbonyl (C=O) groups excluding carboxylic acids is 1. The molecule has 0 aromatic heterocycles. The van der Waals surface area contributed by atoms with E-state index in [1.165, 1.54) is 10.4 Å². The van der Waals surface area contributed by atoms with Gasteiger partial charge in [-0.3, -0.25) is 0 Å². The number of carbonyl (C=O) groups is 1. The van der Waals surface area contributed by atoms with Gasteiger partial charge < -0.3 is 13.9 Å². The molecule has 0 N–H and O–H groups in total. The molecule has 1 aliphatic heterocycles. The van der Waals surface area contributed by atoms with E-state index in [-0.39, 0.29) is 11.1 Å². The van der Waals surface area contributed by atoms with Crippen molar-refractivity contribution in [3.8, 4) is 0 Å². The molecular weight excluding hydrogens is 507 g/mol. The molecule has 0 unspecified atom stereocenters. The Bertz CT molecular complexity index is 798. The Kier molecular flexibility index (Phi) is 7.30. The Hall–Kier alpha value is -1.38. The van der Waals surface area contributed by atoms with Gasteiger partial charge >= 0.3 is 6.16 Å². The molecule has 0 aliphatic carbocycles. The highest BCUT2D eigenvalue weighted by Gasteiger charge is 2.50. The van der Waals surface area contributed by atoms with Gasteiger partial charge in [0.25, 0.3) is 8.32 Å². The second kappa shape index (κ2) is 9.40. The van der Waals surface area contributed by atoms with Gasteiger partial charge in [0.1, 0.15) is 11.7 Å². The zero-order chi connectivity index (χ0) is 21.8. The molecule has 1 saturated heterocycles. The molecule has 0 radical (unpaired) electrons. The smallest absolute Gasteiger partial charge is 0.431 e. The van der Waals surface area contributed by atoms with Crippen molar-refractivity contribution in [3.05, 3.63) is 60.7 Å². The number of hydrogen-bond acceptors (Lipinski definition) is 4. The van der Waals surface area contributed by atoms with E-state index in [0.717, 1.165) is 4.43 Å². The maximum absolute atomic E-state index is 11.9. The highest BCUT2D eigenvalue weighted by molar-refractivity contribution is 14.1. The second-order valence-electron chi connectivity index (χ2n) is 9.18. The van der Waals surface area contributed by atoms with Crippen LogP contribution in [0.25, 0.3) is 0 Å². The summed E-state index contributed by atoms with van der Waals surface area (Å²) in [7, 11) is -2.57. The third-order valence-electron chi connectivity index (χ3n) is 5.71. The minimum atomic E-state index is -2.57. The highest BCUT2D eigenvalue weighted by Crippen LogP contribution is 2.37. The maximum Gasteiger partial charge on any atom is 0.509 e. The third-order valence-corrected chi connectivity index (χ3v) is 12.4. The van der Waals surface area contributed by atoms with Crippen LogP contribution in [-0.4, -0.2) is 37.2 Å². The average molecular weight is 538 g/mol. The summed E-state index contributed by atoms with van der Waals surface area (Å²) in [5.41, 5.74) is -0.474. The van der Waals surface area contributed by atoms with Crippen molar-refractivity contribution in [1.29, 1.82) is 0 Å². The molecule has 1 fully saturated rings. The first-order chi connectivity index (χ1) is 14.2. The van der Waals surface area contributed by atoms with E-state index in [1.807, 2.05) is 19.1 Å². The molecule has 0 saturated carbocycles. The van der Waals surface area contributed by atoms with E-state index in [9.17, 15) is 4.79 Å². The average Bonchev–Trinajstić information content (AvgIpc) is 2.71. The van der Waals surface area contributed by atoms with Crippen LogP contribution in [0.3, 0.4) is 0 Å². The highest BCUT2D eigenvalue weighted by atomic mass is 127. The second-order valence-corrected chi connectivity index (χ2v) is 14.2. The fourth-order valence-corrected chi connectivity index (χ4v) is 9.32. The van der Waals surface area contributed by atoms with Crippen LogP contribution in [0.5, 0.6) is 0 Å². The molecule has 30 heavy (non-hydrogen) atoms.